The Labute approximate surface area is 118 Å². The summed E-state index contributed by atoms with van der Waals surface area (Å²) in [7, 11) is 0. The summed E-state index contributed by atoms with van der Waals surface area (Å²) in [5, 5.41) is 0. The van der Waals surface area contributed by atoms with Crippen LogP contribution in [0.2, 0.25) is 0 Å². The monoisotopic (exact) mass is 271 g/mol. The molecule has 20 heavy (non-hydrogen) atoms. The van der Waals surface area contributed by atoms with Crippen molar-refractivity contribution in [3.8, 4) is 0 Å². The van der Waals surface area contributed by atoms with Crippen LogP contribution < -0.4 is 4.90 Å². The molecule has 0 bridgehead atoms. The summed E-state index contributed by atoms with van der Waals surface area (Å²) >= 11 is 0. The van der Waals surface area contributed by atoms with Crippen molar-refractivity contribution < 1.29 is 9.53 Å². The molecule has 1 fully saturated rings. The molecule has 2 unspecified atom stereocenters. The van der Waals surface area contributed by atoms with Gasteiger partial charge in [0.25, 0.3) is 5.82 Å². The summed E-state index contributed by atoms with van der Waals surface area (Å²) in [5.41, 5.74) is 1.16. The van der Waals surface area contributed by atoms with Gasteiger partial charge in [0.2, 0.25) is 0 Å². The highest BCUT2D eigenvalue weighted by atomic mass is 16.6. The van der Waals surface area contributed by atoms with Crippen molar-refractivity contribution in [2.75, 3.05) is 11.4 Å². The number of pyridine rings is 1. The van der Waals surface area contributed by atoms with Gasteiger partial charge in [0, 0.05) is 12.5 Å². The van der Waals surface area contributed by atoms with Crippen molar-refractivity contribution in [3.05, 3.63) is 29.2 Å². The molecule has 104 valence electrons. The molecule has 1 aliphatic heterocycles. The smallest absolute Gasteiger partial charge is 0.414 e. The molecule has 2 aliphatic rings. The Morgan fingerprint density at radius 2 is 2.25 bits per heavy atom. The first-order valence-corrected chi connectivity index (χ1v) is 6.78. The molecule has 3 rings (SSSR count). The minimum atomic E-state index is -0.512. The van der Waals surface area contributed by atoms with Crippen molar-refractivity contribution in [2.45, 2.75) is 38.7 Å². The maximum Gasteiger partial charge on any atom is 0.414 e. The van der Waals surface area contributed by atoms with Crippen LogP contribution in [0.3, 0.4) is 0 Å². The molecule has 1 amide bonds. The van der Waals surface area contributed by atoms with Gasteiger partial charge in [0.05, 0.1) is 5.69 Å². The average Bonchev–Trinajstić information content (AvgIpc) is 3.14. The van der Waals surface area contributed by atoms with Gasteiger partial charge in [-0.15, -0.1) is 4.98 Å². The number of rotatable bonds is 0. The quantitative estimate of drug-likeness (QED) is 0.678. The fourth-order valence-corrected chi connectivity index (χ4v) is 2.63. The van der Waals surface area contributed by atoms with Crippen LogP contribution in [0.15, 0.2) is 12.1 Å². The third kappa shape index (κ3) is 2.22. The predicted octanol–water partition coefficient (Wildman–Crippen LogP) is 3.49. The van der Waals surface area contributed by atoms with E-state index in [4.69, 9.17) is 11.3 Å². The molecule has 1 aromatic rings. The number of carbonyl (C=O) groups is 1. The highest BCUT2D eigenvalue weighted by Crippen LogP contribution is 2.54. The Balaban J connectivity index is 1.93. The Hall–Kier alpha value is -2.09. The van der Waals surface area contributed by atoms with Crippen LogP contribution >= 0.6 is 0 Å². The largest absolute Gasteiger partial charge is 0.443 e. The number of fused-ring (bicyclic) bond motifs is 3. The Morgan fingerprint density at radius 3 is 2.90 bits per heavy atom. The predicted molar refractivity (Wildman–Crippen MR) is 74.9 cm³/mol. The first kappa shape index (κ1) is 12.9. The molecule has 0 saturated heterocycles. The number of hydrogen-bond donors (Lipinski definition) is 0. The molecule has 0 spiro atoms. The Bertz CT molecular complexity index is 613. The Kier molecular flexibility index (Phi) is 2.72. The van der Waals surface area contributed by atoms with Crippen LogP contribution in [0.5, 0.6) is 0 Å². The van der Waals surface area contributed by atoms with E-state index < -0.39 is 5.60 Å². The third-order valence-electron chi connectivity index (χ3n) is 3.60. The van der Waals surface area contributed by atoms with E-state index in [-0.39, 0.29) is 6.09 Å². The number of carbonyl (C=O) groups excluding carboxylic acids is 1. The summed E-state index contributed by atoms with van der Waals surface area (Å²) in [6.07, 6.45) is 0.710. The van der Waals surface area contributed by atoms with Crippen molar-refractivity contribution >= 4 is 17.6 Å². The minimum Gasteiger partial charge on any atom is -0.443 e. The molecule has 1 saturated carbocycles. The van der Waals surface area contributed by atoms with Crippen LogP contribution in [0.25, 0.3) is 4.85 Å². The van der Waals surface area contributed by atoms with E-state index in [9.17, 15) is 4.79 Å². The highest BCUT2D eigenvalue weighted by Gasteiger charge is 2.50. The molecule has 5 heteroatoms. The first-order chi connectivity index (χ1) is 9.39. The van der Waals surface area contributed by atoms with E-state index in [1.54, 1.807) is 11.0 Å². The Morgan fingerprint density at radius 1 is 1.50 bits per heavy atom. The lowest BCUT2D eigenvalue weighted by Crippen LogP contribution is -2.40. The van der Waals surface area contributed by atoms with E-state index in [1.165, 1.54) is 0 Å². The highest BCUT2D eigenvalue weighted by molar-refractivity contribution is 5.90. The van der Waals surface area contributed by atoms with E-state index in [0.29, 0.717) is 24.2 Å². The number of hydrogen-bond acceptors (Lipinski definition) is 3. The van der Waals surface area contributed by atoms with Gasteiger partial charge in [-0.2, -0.15) is 0 Å². The zero-order chi connectivity index (χ0) is 14.5. The summed E-state index contributed by atoms with van der Waals surface area (Å²) in [4.78, 5) is 21.7. The van der Waals surface area contributed by atoms with Crippen LogP contribution in [-0.4, -0.2) is 23.2 Å². The van der Waals surface area contributed by atoms with Gasteiger partial charge in [0.1, 0.15) is 5.60 Å². The van der Waals surface area contributed by atoms with Gasteiger partial charge in [-0.1, -0.05) is 6.57 Å². The minimum absolute atomic E-state index is 0.332. The zero-order valence-corrected chi connectivity index (χ0v) is 11.9. The second-order valence-electron chi connectivity index (χ2n) is 6.38. The van der Waals surface area contributed by atoms with Gasteiger partial charge in [-0.05, 0) is 45.2 Å². The van der Waals surface area contributed by atoms with E-state index in [0.717, 1.165) is 17.8 Å². The van der Waals surface area contributed by atoms with Gasteiger partial charge in [0.15, 0.2) is 5.69 Å². The number of aromatic nitrogens is 1. The van der Waals surface area contributed by atoms with Gasteiger partial charge in [-0.25, -0.2) is 4.79 Å². The lowest BCUT2D eigenvalue weighted by atomic mass is 10.1. The molecular formula is C15H17N3O2. The number of ether oxygens (including phenoxy) is 1. The van der Waals surface area contributed by atoms with Gasteiger partial charge in [-0.3, -0.25) is 4.90 Å². The van der Waals surface area contributed by atoms with E-state index in [1.807, 2.05) is 26.8 Å². The van der Waals surface area contributed by atoms with Crippen molar-refractivity contribution in [1.29, 1.82) is 0 Å². The fourth-order valence-electron chi connectivity index (χ4n) is 2.63. The number of amides is 1. The molecular weight excluding hydrogens is 254 g/mol. The number of anilines is 1. The molecule has 2 heterocycles. The van der Waals surface area contributed by atoms with Crippen LogP contribution in [0, 0.1) is 12.5 Å². The molecule has 5 nitrogen and oxygen atoms in total. The first-order valence-electron chi connectivity index (χ1n) is 6.78. The van der Waals surface area contributed by atoms with E-state index in [2.05, 4.69) is 9.83 Å². The van der Waals surface area contributed by atoms with Crippen molar-refractivity contribution in [1.82, 2.24) is 4.98 Å². The second-order valence-corrected chi connectivity index (χ2v) is 6.38. The maximum absolute atomic E-state index is 12.3. The van der Waals surface area contributed by atoms with Crippen molar-refractivity contribution in [2.24, 2.45) is 5.92 Å². The van der Waals surface area contributed by atoms with E-state index >= 15 is 0 Å². The summed E-state index contributed by atoms with van der Waals surface area (Å²) in [6.45, 7) is 13.3. The zero-order valence-electron chi connectivity index (χ0n) is 11.9. The molecule has 1 aromatic heterocycles. The summed E-state index contributed by atoms with van der Waals surface area (Å²) in [5.74, 6) is 1.26. The fraction of sp³-hybridized carbons (Fsp3) is 0.533. The molecule has 0 radical (unpaired) electrons. The average molecular weight is 271 g/mol. The molecule has 1 aliphatic carbocycles. The van der Waals surface area contributed by atoms with Gasteiger partial charge < -0.3 is 9.58 Å². The summed E-state index contributed by atoms with van der Waals surface area (Å²) in [6, 6.07) is 3.47. The lowest BCUT2D eigenvalue weighted by molar-refractivity contribution is 0.0576. The molecule has 0 N–H and O–H groups in total. The van der Waals surface area contributed by atoms with Crippen molar-refractivity contribution in [3.63, 3.8) is 0 Å². The standard InChI is InChI=1S/C15H17N3O2/c1-15(2,3)20-14(19)18-8-9-7-10(9)13-11(18)5-6-12(16-4)17-13/h5-6,9-10H,7-8H2,1-3H3. The topological polar surface area (TPSA) is 46.8 Å². The molecule has 2 atom stereocenters. The third-order valence-corrected chi connectivity index (χ3v) is 3.60. The molecule has 0 aromatic carbocycles. The second kappa shape index (κ2) is 4.20. The SMILES string of the molecule is [C-]#[N+]c1ccc2c(n1)C1CC1CN2C(=O)OC(C)(C)C. The normalized spacial score (nSPS) is 23.4. The van der Waals surface area contributed by atoms with Crippen LogP contribution in [-0.2, 0) is 4.74 Å². The van der Waals surface area contributed by atoms with Crippen LogP contribution in [0.1, 0.15) is 38.8 Å². The van der Waals surface area contributed by atoms with Crippen LogP contribution in [0.4, 0.5) is 16.3 Å². The number of nitrogens with zero attached hydrogens (tertiary/aromatic N) is 3. The lowest BCUT2D eigenvalue weighted by Gasteiger charge is -2.29. The summed E-state index contributed by atoms with van der Waals surface area (Å²) < 4.78 is 5.46. The maximum atomic E-state index is 12.3. The van der Waals surface area contributed by atoms with Gasteiger partial charge >= 0.3 is 6.09 Å².